The van der Waals surface area contributed by atoms with Crippen molar-refractivity contribution in [2.75, 3.05) is 12.4 Å². The predicted octanol–water partition coefficient (Wildman–Crippen LogP) is 5.51. The summed E-state index contributed by atoms with van der Waals surface area (Å²) in [5.74, 6) is 1.24. The predicted molar refractivity (Wildman–Crippen MR) is 127 cm³/mol. The Labute approximate surface area is 197 Å². The highest BCUT2D eigenvalue weighted by atomic mass is 35.5. The highest BCUT2D eigenvalue weighted by molar-refractivity contribution is 7.99. The number of benzene rings is 1. The van der Waals surface area contributed by atoms with Crippen molar-refractivity contribution in [1.29, 1.82) is 0 Å². The number of thioether (sulfide) groups is 1. The summed E-state index contributed by atoms with van der Waals surface area (Å²) in [6.45, 7) is 5.62. The number of carbonyl (C=O) groups excluding carboxylic acids is 1. The van der Waals surface area contributed by atoms with Crippen LogP contribution in [0.15, 0.2) is 35.5 Å². The first-order chi connectivity index (χ1) is 15.5. The van der Waals surface area contributed by atoms with E-state index in [4.69, 9.17) is 16.3 Å². The zero-order valence-corrected chi connectivity index (χ0v) is 20.0. The largest absolute Gasteiger partial charge is 0.376 e. The van der Waals surface area contributed by atoms with Gasteiger partial charge in [-0.05, 0) is 69.9 Å². The lowest BCUT2D eigenvalue weighted by Crippen LogP contribution is -2.17. The minimum Gasteiger partial charge on any atom is -0.376 e. The van der Waals surface area contributed by atoms with Crippen molar-refractivity contribution in [3.05, 3.63) is 52.3 Å². The molecule has 0 radical (unpaired) electrons. The molecule has 168 valence electrons. The summed E-state index contributed by atoms with van der Waals surface area (Å²) in [6.07, 6.45) is 4.65. The lowest BCUT2D eigenvalue weighted by molar-refractivity contribution is 0.0953. The molecule has 0 spiro atoms. The van der Waals surface area contributed by atoms with E-state index in [0.29, 0.717) is 23.4 Å². The molecule has 0 bridgehead atoms. The molecule has 1 aliphatic heterocycles. The van der Waals surface area contributed by atoms with Crippen LogP contribution in [-0.2, 0) is 11.3 Å². The van der Waals surface area contributed by atoms with Crippen molar-refractivity contribution in [1.82, 2.24) is 19.3 Å². The zero-order valence-electron chi connectivity index (χ0n) is 18.4. The summed E-state index contributed by atoms with van der Waals surface area (Å²) < 4.78 is 10.3. The number of ketones is 1. The number of nitrogens with zero attached hydrogens (tertiary/aromatic N) is 4. The van der Waals surface area contributed by atoms with Gasteiger partial charge >= 0.3 is 0 Å². The van der Waals surface area contributed by atoms with Gasteiger partial charge in [0.2, 0.25) is 0 Å². The number of aromatic nitrogens is 4. The molecular formula is C24H27ClN4O2S. The van der Waals surface area contributed by atoms with Crippen LogP contribution in [0.3, 0.4) is 0 Å². The maximum Gasteiger partial charge on any atom is 0.192 e. The Hall–Kier alpha value is -2.09. The van der Waals surface area contributed by atoms with Crippen molar-refractivity contribution in [3.8, 4) is 11.4 Å². The number of ether oxygens (including phenoxy) is 1. The van der Waals surface area contributed by atoms with E-state index in [2.05, 4.69) is 33.2 Å². The number of hydrogen-bond acceptors (Lipinski definition) is 5. The molecular weight excluding hydrogens is 444 g/mol. The van der Waals surface area contributed by atoms with Gasteiger partial charge in [0, 0.05) is 40.2 Å². The second-order valence-electron chi connectivity index (χ2n) is 8.66. The average Bonchev–Trinajstić information content (AvgIpc) is 3.18. The molecule has 3 heterocycles. The summed E-state index contributed by atoms with van der Waals surface area (Å²) in [5, 5.41) is 10.3. The van der Waals surface area contributed by atoms with Crippen LogP contribution in [0.25, 0.3) is 11.4 Å². The van der Waals surface area contributed by atoms with E-state index in [0.717, 1.165) is 47.3 Å². The molecule has 0 amide bonds. The minimum atomic E-state index is 0.134. The van der Waals surface area contributed by atoms with Crippen LogP contribution < -0.4 is 0 Å². The Morgan fingerprint density at radius 2 is 1.97 bits per heavy atom. The Morgan fingerprint density at radius 1 is 1.19 bits per heavy atom. The van der Waals surface area contributed by atoms with Crippen molar-refractivity contribution in [3.63, 3.8) is 0 Å². The molecule has 1 saturated heterocycles. The van der Waals surface area contributed by atoms with Gasteiger partial charge in [0.1, 0.15) is 0 Å². The van der Waals surface area contributed by atoms with E-state index < -0.39 is 0 Å². The van der Waals surface area contributed by atoms with Gasteiger partial charge in [0.25, 0.3) is 0 Å². The molecule has 8 heteroatoms. The lowest BCUT2D eigenvalue weighted by atomic mass is 10.2. The molecule has 3 aromatic rings. The fourth-order valence-electron chi connectivity index (χ4n) is 4.53. The highest BCUT2D eigenvalue weighted by Crippen LogP contribution is 2.38. The molecule has 5 rings (SSSR count). The molecule has 1 atom stereocenters. The topological polar surface area (TPSA) is 61.9 Å². The Morgan fingerprint density at radius 3 is 2.66 bits per heavy atom. The third-order valence-corrected chi connectivity index (χ3v) is 7.48. The van der Waals surface area contributed by atoms with Crippen molar-refractivity contribution >= 4 is 29.1 Å². The van der Waals surface area contributed by atoms with E-state index >= 15 is 0 Å². The fraction of sp³-hybridized carbons (Fsp3) is 0.458. The van der Waals surface area contributed by atoms with Crippen LogP contribution in [0.1, 0.15) is 53.5 Å². The number of halogens is 1. The van der Waals surface area contributed by atoms with E-state index in [1.54, 1.807) is 0 Å². The van der Waals surface area contributed by atoms with Gasteiger partial charge < -0.3 is 9.30 Å². The number of rotatable bonds is 8. The third kappa shape index (κ3) is 4.38. The first-order valence-electron chi connectivity index (χ1n) is 11.2. The average molecular weight is 471 g/mol. The maximum absolute atomic E-state index is 13.1. The van der Waals surface area contributed by atoms with Gasteiger partial charge in [0.05, 0.1) is 18.4 Å². The Bertz CT molecular complexity index is 1130. The van der Waals surface area contributed by atoms with E-state index in [1.807, 2.05) is 30.3 Å². The summed E-state index contributed by atoms with van der Waals surface area (Å²) in [6, 6.07) is 10.2. The van der Waals surface area contributed by atoms with Crippen LogP contribution in [0, 0.1) is 13.8 Å². The molecule has 32 heavy (non-hydrogen) atoms. The van der Waals surface area contributed by atoms with Gasteiger partial charge in [-0.1, -0.05) is 23.4 Å². The van der Waals surface area contributed by atoms with Gasteiger partial charge in [-0.15, -0.1) is 10.2 Å². The summed E-state index contributed by atoms with van der Waals surface area (Å²) in [5.41, 5.74) is 4.03. The van der Waals surface area contributed by atoms with Crippen LogP contribution in [0.2, 0.25) is 5.02 Å². The van der Waals surface area contributed by atoms with Crippen molar-refractivity contribution < 1.29 is 9.53 Å². The third-order valence-electron chi connectivity index (χ3n) is 6.26. The normalized spacial score (nSPS) is 18.4. The molecule has 1 aromatic carbocycles. The quantitative estimate of drug-likeness (QED) is 0.321. The minimum absolute atomic E-state index is 0.134. The molecule has 2 fully saturated rings. The summed E-state index contributed by atoms with van der Waals surface area (Å²) >= 11 is 7.52. The van der Waals surface area contributed by atoms with Crippen LogP contribution in [0.4, 0.5) is 0 Å². The molecule has 2 aliphatic rings. The van der Waals surface area contributed by atoms with E-state index in [9.17, 15) is 4.79 Å². The Balaban J connectivity index is 1.37. The first kappa shape index (κ1) is 21.7. The summed E-state index contributed by atoms with van der Waals surface area (Å²) in [4.78, 5) is 13.1. The van der Waals surface area contributed by atoms with E-state index in [1.165, 1.54) is 30.3 Å². The van der Waals surface area contributed by atoms with Crippen LogP contribution >= 0.6 is 23.4 Å². The molecule has 6 nitrogen and oxygen atoms in total. The van der Waals surface area contributed by atoms with Crippen molar-refractivity contribution in [2.24, 2.45) is 0 Å². The lowest BCUT2D eigenvalue weighted by Gasteiger charge is -2.14. The number of Topliss-reactive ketones (excluding diaryl/α,β-unsaturated/α-hetero) is 1. The molecule has 0 N–H and O–H groups in total. The second-order valence-corrected chi connectivity index (χ2v) is 10.0. The summed E-state index contributed by atoms with van der Waals surface area (Å²) in [7, 11) is 0. The maximum atomic E-state index is 13.1. The molecule has 2 aromatic heterocycles. The SMILES string of the molecule is Cc1cc(C(=O)CSc2nnc(-c3ccc(Cl)cc3)n2CC2CCCO2)c(C)n1C1CC1. The number of aryl methyl sites for hydroxylation is 1. The molecule has 1 saturated carbocycles. The van der Waals surface area contributed by atoms with Gasteiger partial charge in [-0.25, -0.2) is 0 Å². The first-order valence-corrected chi connectivity index (χ1v) is 12.5. The van der Waals surface area contributed by atoms with Crippen molar-refractivity contribution in [2.45, 2.75) is 63.4 Å². The van der Waals surface area contributed by atoms with Gasteiger partial charge in [-0.2, -0.15) is 0 Å². The highest BCUT2D eigenvalue weighted by Gasteiger charge is 2.29. The van der Waals surface area contributed by atoms with E-state index in [-0.39, 0.29) is 11.9 Å². The zero-order chi connectivity index (χ0) is 22.2. The fourth-order valence-corrected chi connectivity index (χ4v) is 5.48. The Kier molecular flexibility index (Phi) is 6.14. The standard InChI is InChI=1S/C24H27ClN4O2S/c1-15-12-21(16(2)29(15)19-9-10-19)22(30)14-32-24-27-26-23(17-5-7-18(25)8-6-17)28(24)13-20-4-3-11-31-20/h5-8,12,19-20H,3-4,9-11,13-14H2,1-2H3. The van der Waals surface area contributed by atoms with Crippen LogP contribution in [0.5, 0.6) is 0 Å². The monoisotopic (exact) mass is 470 g/mol. The number of carbonyl (C=O) groups is 1. The van der Waals surface area contributed by atoms with Gasteiger partial charge in [0.15, 0.2) is 16.8 Å². The molecule has 1 aliphatic carbocycles. The van der Waals surface area contributed by atoms with Gasteiger partial charge in [-0.3, -0.25) is 9.36 Å². The number of hydrogen-bond donors (Lipinski definition) is 0. The smallest absolute Gasteiger partial charge is 0.192 e. The molecule has 1 unspecified atom stereocenters. The second kappa shape index (κ2) is 9.04. The van der Waals surface area contributed by atoms with Crippen LogP contribution in [-0.4, -0.2) is 43.6 Å².